The molecule has 0 unspecified atom stereocenters. The number of aromatic nitrogens is 2. The molecule has 0 aliphatic heterocycles. The second kappa shape index (κ2) is 7.98. The lowest BCUT2D eigenvalue weighted by Crippen LogP contribution is -2.11. The van der Waals surface area contributed by atoms with E-state index < -0.39 is 6.10 Å². The molecule has 2 aromatic carbocycles. The minimum Gasteiger partial charge on any atom is -0.452 e. The van der Waals surface area contributed by atoms with Crippen molar-refractivity contribution in [3.05, 3.63) is 66.1 Å². The van der Waals surface area contributed by atoms with E-state index in [2.05, 4.69) is 10.2 Å². The molecule has 3 aromatic rings. The largest absolute Gasteiger partial charge is 0.452 e. The topological polar surface area (TPSA) is 65.2 Å². The summed E-state index contributed by atoms with van der Waals surface area (Å²) in [6.07, 6.45) is -0.587. The molecular weight excluding hydrogens is 336 g/mol. The monoisotopic (exact) mass is 354 g/mol. The Morgan fingerprint density at radius 1 is 1.12 bits per heavy atom. The second-order valence-corrected chi connectivity index (χ2v) is 6.59. The Kier molecular flexibility index (Phi) is 5.50. The van der Waals surface area contributed by atoms with Crippen LogP contribution >= 0.6 is 11.8 Å². The van der Waals surface area contributed by atoms with Crippen molar-refractivity contribution in [1.29, 1.82) is 0 Å². The number of ether oxygens (including phenoxy) is 1. The fourth-order valence-electron chi connectivity index (χ4n) is 2.15. The lowest BCUT2D eigenvalue weighted by molar-refractivity contribution is -0.146. The molecular formula is C19H18N2O3S. The van der Waals surface area contributed by atoms with Gasteiger partial charge in [-0.3, -0.25) is 4.79 Å². The van der Waals surface area contributed by atoms with Crippen LogP contribution < -0.4 is 0 Å². The Morgan fingerprint density at radius 2 is 1.84 bits per heavy atom. The number of thioether (sulfide) groups is 1. The van der Waals surface area contributed by atoms with E-state index in [1.54, 1.807) is 6.92 Å². The maximum atomic E-state index is 12.0. The van der Waals surface area contributed by atoms with Crippen LogP contribution in [0.3, 0.4) is 0 Å². The minimum atomic E-state index is -0.587. The number of aryl methyl sites for hydroxylation is 1. The molecule has 0 saturated heterocycles. The quantitative estimate of drug-likeness (QED) is 0.481. The third kappa shape index (κ3) is 4.70. The average Bonchev–Trinajstić information content (AvgIpc) is 3.12. The zero-order valence-corrected chi connectivity index (χ0v) is 14.8. The van der Waals surface area contributed by atoms with Crippen LogP contribution in [0, 0.1) is 6.92 Å². The summed E-state index contributed by atoms with van der Waals surface area (Å²) in [5.74, 6) is 0.602. The van der Waals surface area contributed by atoms with Crippen LogP contribution in [0.25, 0.3) is 11.5 Å². The summed E-state index contributed by atoms with van der Waals surface area (Å²) in [5, 5.41) is 7.98. The van der Waals surface area contributed by atoms with E-state index in [4.69, 9.17) is 9.15 Å². The zero-order chi connectivity index (χ0) is 17.6. The summed E-state index contributed by atoms with van der Waals surface area (Å²) >= 11 is 1.44. The van der Waals surface area contributed by atoms with Crippen molar-refractivity contribution in [3.8, 4) is 11.5 Å². The number of nitrogens with zero attached hydrogens (tertiary/aromatic N) is 2. The summed E-state index contributed by atoms with van der Waals surface area (Å²) in [6.45, 7) is 3.75. The first-order valence-electron chi connectivity index (χ1n) is 7.89. The van der Waals surface area contributed by atoms with E-state index in [-0.39, 0.29) is 17.6 Å². The maximum absolute atomic E-state index is 12.0. The van der Waals surface area contributed by atoms with Crippen LogP contribution in [-0.4, -0.2) is 21.9 Å². The fourth-order valence-corrected chi connectivity index (χ4v) is 2.84. The Morgan fingerprint density at radius 3 is 2.56 bits per heavy atom. The third-order valence-corrected chi connectivity index (χ3v) is 4.48. The summed E-state index contributed by atoms with van der Waals surface area (Å²) in [7, 11) is 0. The molecule has 128 valence electrons. The molecule has 0 N–H and O–H groups in total. The maximum Gasteiger partial charge on any atom is 0.317 e. The molecule has 5 nitrogen and oxygen atoms in total. The first kappa shape index (κ1) is 17.2. The van der Waals surface area contributed by atoms with Gasteiger partial charge in [-0.15, -0.1) is 22.0 Å². The molecule has 1 atom stereocenters. The van der Waals surface area contributed by atoms with Gasteiger partial charge in [-0.05, 0) is 38.1 Å². The highest BCUT2D eigenvalue weighted by molar-refractivity contribution is 8.00. The van der Waals surface area contributed by atoms with Gasteiger partial charge in [0.05, 0.1) is 5.75 Å². The van der Waals surface area contributed by atoms with Gasteiger partial charge in [0.1, 0.15) is 0 Å². The van der Waals surface area contributed by atoms with Crippen LogP contribution in [0.15, 0.2) is 63.9 Å². The summed E-state index contributed by atoms with van der Waals surface area (Å²) < 4.78 is 11.0. The SMILES string of the molecule is Cc1ccc(SCC(=O)O[C@@H](C)c2nnc(-c3ccccc3)o2)cc1. The number of carbonyl (C=O) groups is 1. The molecule has 0 aliphatic carbocycles. The summed E-state index contributed by atoms with van der Waals surface area (Å²) in [5.41, 5.74) is 2.01. The van der Waals surface area contributed by atoms with Gasteiger partial charge in [0.25, 0.3) is 5.89 Å². The van der Waals surface area contributed by atoms with Crippen LogP contribution in [0.2, 0.25) is 0 Å². The zero-order valence-electron chi connectivity index (χ0n) is 14.0. The van der Waals surface area contributed by atoms with E-state index in [1.165, 1.54) is 17.3 Å². The van der Waals surface area contributed by atoms with Crippen LogP contribution in [0.5, 0.6) is 0 Å². The van der Waals surface area contributed by atoms with Crippen molar-refractivity contribution >= 4 is 17.7 Å². The normalized spacial score (nSPS) is 11.9. The molecule has 0 fully saturated rings. The lowest BCUT2D eigenvalue weighted by atomic mass is 10.2. The number of carbonyl (C=O) groups excluding carboxylic acids is 1. The number of hydrogen-bond acceptors (Lipinski definition) is 6. The van der Waals surface area contributed by atoms with Crippen LogP contribution in [0.4, 0.5) is 0 Å². The summed E-state index contributed by atoms with van der Waals surface area (Å²) in [6, 6.07) is 17.5. The Bertz CT molecular complexity index is 831. The molecule has 0 saturated carbocycles. The molecule has 0 spiro atoms. The van der Waals surface area contributed by atoms with Crippen LogP contribution in [0.1, 0.15) is 24.5 Å². The number of rotatable bonds is 6. The highest BCUT2D eigenvalue weighted by Gasteiger charge is 2.19. The molecule has 0 amide bonds. The Hall–Kier alpha value is -2.60. The standard InChI is InChI=1S/C19H18N2O3S/c1-13-8-10-16(11-9-13)25-12-17(22)23-14(2)18-20-21-19(24-18)15-6-4-3-5-7-15/h3-11,14H,12H2,1-2H3/t14-/m0/s1. The molecule has 25 heavy (non-hydrogen) atoms. The molecule has 0 bridgehead atoms. The molecule has 0 radical (unpaired) electrons. The van der Waals surface area contributed by atoms with Crippen molar-refractivity contribution in [2.24, 2.45) is 0 Å². The molecule has 1 aromatic heterocycles. The van der Waals surface area contributed by atoms with Gasteiger partial charge in [0.2, 0.25) is 5.89 Å². The number of hydrogen-bond donors (Lipinski definition) is 0. The number of esters is 1. The Labute approximate surface area is 150 Å². The van der Waals surface area contributed by atoms with E-state index in [9.17, 15) is 4.79 Å². The molecule has 0 aliphatic rings. The lowest BCUT2D eigenvalue weighted by Gasteiger charge is -2.09. The van der Waals surface area contributed by atoms with Crippen molar-refractivity contribution in [2.75, 3.05) is 5.75 Å². The van der Waals surface area contributed by atoms with Gasteiger partial charge < -0.3 is 9.15 Å². The highest BCUT2D eigenvalue weighted by Crippen LogP contribution is 2.23. The van der Waals surface area contributed by atoms with Crippen LogP contribution in [-0.2, 0) is 9.53 Å². The van der Waals surface area contributed by atoms with Gasteiger partial charge in [-0.25, -0.2) is 0 Å². The van der Waals surface area contributed by atoms with Crippen molar-refractivity contribution in [3.63, 3.8) is 0 Å². The first-order chi connectivity index (χ1) is 12.1. The van der Waals surface area contributed by atoms with Crippen molar-refractivity contribution in [2.45, 2.75) is 24.8 Å². The predicted octanol–water partition coefficient (Wildman–Crippen LogP) is 4.44. The second-order valence-electron chi connectivity index (χ2n) is 5.55. The highest BCUT2D eigenvalue weighted by atomic mass is 32.2. The van der Waals surface area contributed by atoms with E-state index in [1.807, 2.05) is 61.5 Å². The molecule has 3 rings (SSSR count). The van der Waals surface area contributed by atoms with Crippen molar-refractivity contribution < 1.29 is 13.9 Å². The summed E-state index contributed by atoms with van der Waals surface area (Å²) in [4.78, 5) is 13.0. The van der Waals surface area contributed by atoms with Gasteiger partial charge in [0, 0.05) is 10.5 Å². The van der Waals surface area contributed by atoms with Gasteiger partial charge in [-0.2, -0.15) is 0 Å². The van der Waals surface area contributed by atoms with Gasteiger partial charge in [0.15, 0.2) is 6.10 Å². The van der Waals surface area contributed by atoms with Crippen molar-refractivity contribution in [1.82, 2.24) is 10.2 Å². The van der Waals surface area contributed by atoms with E-state index in [0.29, 0.717) is 5.89 Å². The van der Waals surface area contributed by atoms with Gasteiger partial charge in [-0.1, -0.05) is 35.9 Å². The molecule has 6 heteroatoms. The van der Waals surface area contributed by atoms with E-state index in [0.717, 1.165) is 10.5 Å². The fraction of sp³-hybridized carbons (Fsp3) is 0.211. The minimum absolute atomic E-state index is 0.229. The van der Waals surface area contributed by atoms with Gasteiger partial charge >= 0.3 is 5.97 Å². The van der Waals surface area contributed by atoms with E-state index >= 15 is 0 Å². The average molecular weight is 354 g/mol. The Balaban J connectivity index is 1.55. The smallest absolute Gasteiger partial charge is 0.317 e. The molecule has 1 heterocycles. The first-order valence-corrected chi connectivity index (χ1v) is 8.88. The predicted molar refractivity (Wildman–Crippen MR) is 96.1 cm³/mol. The third-order valence-electron chi connectivity index (χ3n) is 3.50. The number of benzene rings is 2.